The van der Waals surface area contributed by atoms with Crippen molar-refractivity contribution in [3.8, 4) is 11.3 Å². The van der Waals surface area contributed by atoms with E-state index in [1.165, 1.54) is 16.4 Å². The van der Waals surface area contributed by atoms with E-state index >= 15 is 0 Å². The van der Waals surface area contributed by atoms with Gasteiger partial charge in [0.05, 0.1) is 11.9 Å². The molecule has 0 bridgehead atoms. The first-order valence-electron chi connectivity index (χ1n) is 8.58. The molecule has 0 aliphatic carbocycles. The Hall–Kier alpha value is -2.99. The van der Waals surface area contributed by atoms with Crippen LogP contribution in [0.25, 0.3) is 22.2 Å². The van der Waals surface area contributed by atoms with Gasteiger partial charge in [0.25, 0.3) is 0 Å². The highest BCUT2D eigenvalue weighted by molar-refractivity contribution is 7.98. The van der Waals surface area contributed by atoms with Gasteiger partial charge in [-0.2, -0.15) is 0 Å². The molecule has 0 aliphatic heterocycles. The Morgan fingerprint density at radius 3 is 2.70 bits per heavy atom. The number of rotatable bonds is 4. The van der Waals surface area contributed by atoms with E-state index in [0.717, 1.165) is 33.3 Å². The number of nitrogen functional groups attached to an aromatic ring is 1. The van der Waals surface area contributed by atoms with Gasteiger partial charge in [0.15, 0.2) is 5.16 Å². The van der Waals surface area contributed by atoms with Crippen LogP contribution in [0, 0.1) is 13.8 Å². The van der Waals surface area contributed by atoms with E-state index in [1.807, 2.05) is 62.5 Å². The van der Waals surface area contributed by atoms with Crippen LogP contribution in [0.1, 0.15) is 16.7 Å². The third kappa shape index (κ3) is 3.36. The van der Waals surface area contributed by atoms with Gasteiger partial charge in [-0.1, -0.05) is 54.2 Å². The van der Waals surface area contributed by atoms with Crippen LogP contribution in [0.2, 0.25) is 0 Å². The highest BCUT2D eigenvalue weighted by Crippen LogP contribution is 2.29. The number of aromatic nitrogens is 2. The van der Waals surface area contributed by atoms with E-state index in [0.29, 0.717) is 16.5 Å². The Morgan fingerprint density at radius 1 is 1.15 bits per heavy atom. The normalized spacial score (nSPS) is 11.2. The maximum absolute atomic E-state index is 12.0. The molecule has 2 heterocycles. The first-order valence-corrected chi connectivity index (χ1v) is 9.57. The van der Waals surface area contributed by atoms with Gasteiger partial charge in [-0.3, -0.25) is 0 Å². The first kappa shape index (κ1) is 17.4. The molecule has 136 valence electrons. The second kappa shape index (κ2) is 6.96. The quantitative estimate of drug-likeness (QED) is 0.326. The lowest BCUT2D eigenvalue weighted by Gasteiger charge is -2.08. The van der Waals surface area contributed by atoms with Gasteiger partial charge in [0.2, 0.25) is 0 Å². The lowest BCUT2D eigenvalue weighted by atomic mass is 10.0. The molecular weight excluding hydrogens is 358 g/mol. The molecule has 4 aromatic rings. The van der Waals surface area contributed by atoms with Crippen molar-refractivity contribution in [2.45, 2.75) is 24.8 Å². The molecule has 0 aliphatic rings. The second-order valence-corrected chi connectivity index (χ2v) is 7.39. The topological polar surface area (TPSA) is 74.1 Å². The third-order valence-corrected chi connectivity index (χ3v) is 5.66. The zero-order valence-electron chi connectivity index (χ0n) is 15.1. The van der Waals surface area contributed by atoms with Crippen molar-refractivity contribution in [3.63, 3.8) is 0 Å². The lowest BCUT2D eigenvalue weighted by Crippen LogP contribution is -2.08. The van der Waals surface area contributed by atoms with Crippen molar-refractivity contribution in [3.05, 3.63) is 81.8 Å². The Kier molecular flexibility index (Phi) is 4.49. The van der Waals surface area contributed by atoms with Gasteiger partial charge in [0, 0.05) is 22.8 Å². The summed E-state index contributed by atoms with van der Waals surface area (Å²) in [4.78, 5) is 16.6. The molecule has 0 atom stereocenters. The zero-order chi connectivity index (χ0) is 19.0. The third-order valence-electron chi connectivity index (χ3n) is 4.64. The molecule has 6 heteroatoms. The van der Waals surface area contributed by atoms with Gasteiger partial charge < -0.3 is 10.3 Å². The maximum Gasteiger partial charge on any atom is 0.336 e. The SMILES string of the molecule is Cc1ccc2c(CSc3nc(-c4ccccc4)cn3N)cc(=O)oc2c1C. The van der Waals surface area contributed by atoms with Crippen LogP contribution in [-0.2, 0) is 5.75 Å². The van der Waals surface area contributed by atoms with Gasteiger partial charge in [-0.15, -0.1) is 0 Å². The molecule has 2 aromatic heterocycles. The number of benzene rings is 2. The molecular formula is C21H19N3O2S. The molecule has 5 nitrogen and oxygen atoms in total. The molecule has 2 N–H and O–H groups in total. The Labute approximate surface area is 160 Å². The number of imidazole rings is 1. The highest BCUT2D eigenvalue weighted by atomic mass is 32.2. The summed E-state index contributed by atoms with van der Waals surface area (Å²) in [5.41, 5.74) is 5.15. The van der Waals surface area contributed by atoms with E-state index < -0.39 is 0 Å². The first-order chi connectivity index (χ1) is 13.0. The Bertz CT molecular complexity index is 1180. The molecule has 2 aromatic carbocycles. The summed E-state index contributed by atoms with van der Waals surface area (Å²) in [6, 6.07) is 15.5. The average Bonchev–Trinajstić information content (AvgIpc) is 3.04. The van der Waals surface area contributed by atoms with Gasteiger partial charge in [-0.05, 0) is 30.5 Å². The number of nitrogens with two attached hydrogens (primary N) is 1. The van der Waals surface area contributed by atoms with Crippen LogP contribution in [0.15, 0.2) is 69.1 Å². The Morgan fingerprint density at radius 2 is 1.93 bits per heavy atom. The zero-order valence-corrected chi connectivity index (χ0v) is 15.9. The van der Waals surface area contributed by atoms with Gasteiger partial charge >= 0.3 is 5.63 Å². The summed E-state index contributed by atoms with van der Waals surface area (Å²) >= 11 is 1.50. The number of thioether (sulfide) groups is 1. The molecule has 0 saturated heterocycles. The molecule has 4 rings (SSSR count). The van der Waals surface area contributed by atoms with E-state index in [1.54, 1.807) is 6.07 Å². The van der Waals surface area contributed by atoms with Crippen LogP contribution in [0.5, 0.6) is 0 Å². The molecule has 0 fully saturated rings. The highest BCUT2D eigenvalue weighted by Gasteiger charge is 2.13. The number of hydrogen-bond donors (Lipinski definition) is 1. The second-order valence-electron chi connectivity index (χ2n) is 6.45. The minimum atomic E-state index is -0.340. The van der Waals surface area contributed by atoms with E-state index in [9.17, 15) is 4.79 Å². The average molecular weight is 377 g/mol. The summed E-state index contributed by atoms with van der Waals surface area (Å²) in [7, 11) is 0. The monoisotopic (exact) mass is 377 g/mol. The fourth-order valence-corrected chi connectivity index (χ4v) is 3.91. The molecule has 0 saturated carbocycles. The molecule has 0 unspecified atom stereocenters. The van der Waals surface area contributed by atoms with E-state index in [-0.39, 0.29) is 5.63 Å². The van der Waals surface area contributed by atoms with Crippen molar-refractivity contribution in [1.82, 2.24) is 9.66 Å². The summed E-state index contributed by atoms with van der Waals surface area (Å²) < 4.78 is 6.97. The van der Waals surface area contributed by atoms with Crippen LogP contribution in [0.4, 0.5) is 0 Å². The Balaban J connectivity index is 1.66. The number of aryl methyl sites for hydroxylation is 2. The smallest absolute Gasteiger partial charge is 0.336 e. The van der Waals surface area contributed by atoms with Crippen LogP contribution in [-0.4, -0.2) is 9.66 Å². The number of fused-ring (bicyclic) bond motifs is 1. The van der Waals surface area contributed by atoms with Crippen molar-refractivity contribution in [2.24, 2.45) is 0 Å². The summed E-state index contributed by atoms with van der Waals surface area (Å²) in [6.07, 6.45) is 1.81. The molecule has 0 spiro atoms. The van der Waals surface area contributed by atoms with Crippen molar-refractivity contribution in [1.29, 1.82) is 0 Å². The summed E-state index contributed by atoms with van der Waals surface area (Å²) in [5, 5.41) is 1.64. The minimum absolute atomic E-state index is 0.340. The predicted octanol–water partition coefficient (Wildman–Crippen LogP) is 4.28. The predicted molar refractivity (Wildman–Crippen MR) is 109 cm³/mol. The molecule has 27 heavy (non-hydrogen) atoms. The van der Waals surface area contributed by atoms with Crippen molar-refractivity contribution >= 4 is 22.7 Å². The van der Waals surface area contributed by atoms with Crippen LogP contribution < -0.4 is 11.5 Å². The lowest BCUT2D eigenvalue weighted by molar-refractivity contribution is 0.557. The van der Waals surface area contributed by atoms with Crippen molar-refractivity contribution < 1.29 is 4.42 Å². The van der Waals surface area contributed by atoms with Crippen LogP contribution in [0.3, 0.4) is 0 Å². The van der Waals surface area contributed by atoms with E-state index in [2.05, 4.69) is 4.98 Å². The fraction of sp³-hybridized carbons (Fsp3) is 0.143. The summed E-state index contributed by atoms with van der Waals surface area (Å²) in [5.74, 6) is 6.66. The fourth-order valence-electron chi connectivity index (χ4n) is 3.02. The van der Waals surface area contributed by atoms with Crippen molar-refractivity contribution in [2.75, 3.05) is 5.84 Å². The molecule has 0 amide bonds. The maximum atomic E-state index is 12.0. The van der Waals surface area contributed by atoms with Crippen LogP contribution >= 0.6 is 11.8 Å². The van der Waals surface area contributed by atoms with Gasteiger partial charge in [0.1, 0.15) is 5.58 Å². The minimum Gasteiger partial charge on any atom is -0.422 e. The largest absolute Gasteiger partial charge is 0.422 e. The van der Waals surface area contributed by atoms with Gasteiger partial charge in [-0.25, -0.2) is 14.5 Å². The standard InChI is InChI=1S/C21H19N3O2S/c1-13-8-9-17-16(10-19(25)26-20(17)14(13)2)12-27-21-23-18(11-24(21)22)15-6-4-3-5-7-15/h3-11H,12,22H2,1-2H3. The molecule has 0 radical (unpaired) electrons. The van der Waals surface area contributed by atoms with E-state index in [4.69, 9.17) is 10.3 Å². The number of nitrogens with zero attached hydrogens (tertiary/aromatic N) is 2. The summed E-state index contributed by atoms with van der Waals surface area (Å²) in [6.45, 7) is 3.97. The number of hydrogen-bond acceptors (Lipinski definition) is 5.